The van der Waals surface area contributed by atoms with Crippen LogP contribution in [0, 0.1) is 0 Å². The van der Waals surface area contributed by atoms with E-state index < -0.39 is 0 Å². The first-order valence-corrected chi connectivity index (χ1v) is 10.1. The van der Waals surface area contributed by atoms with Gasteiger partial charge in [-0.3, -0.25) is 0 Å². The summed E-state index contributed by atoms with van der Waals surface area (Å²) in [6.07, 6.45) is 4.33. The molecule has 0 bridgehead atoms. The molecule has 26 heavy (non-hydrogen) atoms. The van der Waals surface area contributed by atoms with Crippen LogP contribution in [0.1, 0.15) is 49.9 Å². The summed E-state index contributed by atoms with van der Waals surface area (Å²) in [6.45, 7) is 9.03. The molecule has 4 aromatic carbocycles. The monoisotopic (exact) mass is 340 g/mol. The third kappa shape index (κ3) is 2.60. The van der Waals surface area contributed by atoms with Gasteiger partial charge in [-0.25, -0.2) is 0 Å². The Kier molecular flexibility index (Phi) is 4.44. The van der Waals surface area contributed by atoms with Crippen molar-refractivity contribution < 1.29 is 0 Å². The van der Waals surface area contributed by atoms with E-state index in [0.29, 0.717) is 0 Å². The number of aryl methyl sites for hydroxylation is 4. The van der Waals surface area contributed by atoms with Crippen LogP contribution in [0.25, 0.3) is 32.3 Å². The lowest BCUT2D eigenvalue weighted by atomic mass is 9.90. The zero-order valence-electron chi connectivity index (χ0n) is 16.4. The lowest BCUT2D eigenvalue weighted by Crippen LogP contribution is -1.92. The molecule has 4 rings (SSSR count). The van der Waals surface area contributed by atoms with Crippen molar-refractivity contribution in [1.29, 1.82) is 0 Å². The molecule has 0 fully saturated rings. The van der Waals surface area contributed by atoms with Gasteiger partial charge >= 0.3 is 0 Å². The minimum Gasteiger partial charge on any atom is -0.0613 e. The number of hydrogen-bond donors (Lipinski definition) is 0. The molecule has 0 amide bonds. The second-order valence-corrected chi connectivity index (χ2v) is 7.32. The molecule has 0 heteroatoms. The van der Waals surface area contributed by atoms with Crippen molar-refractivity contribution in [3.8, 4) is 0 Å². The van der Waals surface area contributed by atoms with Crippen LogP contribution in [-0.4, -0.2) is 0 Å². The van der Waals surface area contributed by atoms with Gasteiger partial charge < -0.3 is 0 Å². The van der Waals surface area contributed by atoms with Crippen molar-refractivity contribution in [2.45, 2.75) is 53.4 Å². The molecule has 0 saturated heterocycles. The standard InChI is InChI=1S/C26H28/c1-5-17-9-10-18(6-2)24-14-22-16-26-20(8-4)12-11-19(7-3)25(26)15-21(22)13-23(17)24/h9-16H,5-8H2,1-4H3. The topological polar surface area (TPSA) is 0 Å². The third-order valence-corrected chi connectivity index (χ3v) is 5.99. The van der Waals surface area contributed by atoms with Gasteiger partial charge in [0.2, 0.25) is 0 Å². The second-order valence-electron chi connectivity index (χ2n) is 7.32. The molecule has 0 N–H and O–H groups in total. The van der Waals surface area contributed by atoms with Crippen LogP contribution in [0.4, 0.5) is 0 Å². The first-order valence-electron chi connectivity index (χ1n) is 10.1. The number of benzene rings is 4. The van der Waals surface area contributed by atoms with Gasteiger partial charge in [-0.2, -0.15) is 0 Å². The van der Waals surface area contributed by atoms with Crippen molar-refractivity contribution in [2.75, 3.05) is 0 Å². The summed E-state index contributed by atoms with van der Waals surface area (Å²) in [5.41, 5.74) is 5.82. The van der Waals surface area contributed by atoms with E-state index >= 15 is 0 Å². The van der Waals surface area contributed by atoms with Gasteiger partial charge in [0, 0.05) is 0 Å². The summed E-state index contributed by atoms with van der Waals surface area (Å²) in [6, 6.07) is 19.0. The van der Waals surface area contributed by atoms with Crippen LogP contribution in [0.5, 0.6) is 0 Å². The molecular formula is C26H28. The van der Waals surface area contributed by atoms with Crippen molar-refractivity contribution in [3.63, 3.8) is 0 Å². The van der Waals surface area contributed by atoms with Gasteiger partial charge in [0.15, 0.2) is 0 Å². The minimum atomic E-state index is 1.08. The normalized spacial score (nSPS) is 11.7. The third-order valence-electron chi connectivity index (χ3n) is 5.99. The number of rotatable bonds is 4. The summed E-state index contributed by atoms with van der Waals surface area (Å²) < 4.78 is 0. The lowest BCUT2D eigenvalue weighted by Gasteiger charge is -2.14. The zero-order chi connectivity index (χ0) is 18.3. The summed E-state index contributed by atoms with van der Waals surface area (Å²) in [5, 5.41) is 8.48. The van der Waals surface area contributed by atoms with E-state index in [2.05, 4.69) is 76.2 Å². The van der Waals surface area contributed by atoms with E-state index in [1.807, 2.05) is 0 Å². The van der Waals surface area contributed by atoms with Crippen LogP contribution in [-0.2, 0) is 25.7 Å². The lowest BCUT2D eigenvalue weighted by molar-refractivity contribution is 1.13. The molecule has 0 nitrogen and oxygen atoms in total. The van der Waals surface area contributed by atoms with Gasteiger partial charge in [-0.1, -0.05) is 52.0 Å². The maximum absolute atomic E-state index is 2.43. The average Bonchev–Trinajstić information content (AvgIpc) is 2.69. The van der Waals surface area contributed by atoms with E-state index in [1.54, 1.807) is 0 Å². The highest BCUT2D eigenvalue weighted by atomic mass is 14.1. The molecule has 0 aliphatic rings. The molecular weight excluding hydrogens is 312 g/mol. The Balaban J connectivity index is 2.15. The fourth-order valence-corrected chi connectivity index (χ4v) is 4.41. The summed E-state index contributed by atoms with van der Waals surface area (Å²) in [4.78, 5) is 0. The largest absolute Gasteiger partial charge is 0.0613 e. The highest BCUT2D eigenvalue weighted by Crippen LogP contribution is 2.34. The van der Waals surface area contributed by atoms with Crippen molar-refractivity contribution in [3.05, 3.63) is 70.8 Å². The Morgan fingerprint density at radius 3 is 0.846 bits per heavy atom. The molecule has 0 aliphatic heterocycles. The van der Waals surface area contributed by atoms with E-state index in [9.17, 15) is 0 Å². The predicted molar refractivity (Wildman–Crippen MR) is 116 cm³/mol. The Morgan fingerprint density at radius 2 is 0.654 bits per heavy atom. The van der Waals surface area contributed by atoms with Crippen molar-refractivity contribution in [2.24, 2.45) is 0 Å². The summed E-state index contributed by atoms with van der Waals surface area (Å²) in [7, 11) is 0. The van der Waals surface area contributed by atoms with E-state index in [1.165, 1.54) is 54.6 Å². The molecule has 132 valence electrons. The SMILES string of the molecule is CCc1ccc(CC)c2cc3cc4c(CC)ccc(CC)c4cc3cc12. The smallest absolute Gasteiger partial charge is 0.0143 e. The molecule has 0 heterocycles. The molecule has 4 aromatic rings. The van der Waals surface area contributed by atoms with Gasteiger partial charge in [-0.15, -0.1) is 0 Å². The molecule has 0 atom stereocenters. The Labute approximate surface area is 156 Å². The maximum Gasteiger partial charge on any atom is -0.0143 e. The van der Waals surface area contributed by atoms with E-state index in [-0.39, 0.29) is 0 Å². The summed E-state index contributed by atoms with van der Waals surface area (Å²) in [5.74, 6) is 0. The van der Waals surface area contributed by atoms with Gasteiger partial charge in [0.25, 0.3) is 0 Å². The molecule has 0 saturated carbocycles. The van der Waals surface area contributed by atoms with Crippen LogP contribution in [0.2, 0.25) is 0 Å². The second kappa shape index (κ2) is 6.76. The molecule has 0 aromatic heterocycles. The highest BCUT2D eigenvalue weighted by Gasteiger charge is 2.10. The van der Waals surface area contributed by atoms with Gasteiger partial charge in [-0.05, 0) is 105 Å². The van der Waals surface area contributed by atoms with Crippen molar-refractivity contribution in [1.82, 2.24) is 0 Å². The zero-order valence-corrected chi connectivity index (χ0v) is 16.4. The first kappa shape index (κ1) is 17.1. The molecule has 0 radical (unpaired) electrons. The van der Waals surface area contributed by atoms with E-state index in [4.69, 9.17) is 0 Å². The molecule has 0 unspecified atom stereocenters. The van der Waals surface area contributed by atoms with Crippen LogP contribution in [0.3, 0.4) is 0 Å². The molecule has 0 spiro atoms. The van der Waals surface area contributed by atoms with Crippen LogP contribution >= 0.6 is 0 Å². The Bertz CT molecular complexity index is 940. The minimum absolute atomic E-state index is 1.08. The quantitative estimate of drug-likeness (QED) is 0.340. The number of hydrogen-bond acceptors (Lipinski definition) is 0. The van der Waals surface area contributed by atoms with E-state index in [0.717, 1.165) is 25.7 Å². The average molecular weight is 341 g/mol. The fraction of sp³-hybridized carbons (Fsp3) is 0.308. The molecule has 0 aliphatic carbocycles. The fourth-order valence-electron chi connectivity index (χ4n) is 4.41. The first-order chi connectivity index (χ1) is 12.7. The predicted octanol–water partition coefficient (Wildman–Crippen LogP) is 7.40. The highest BCUT2D eigenvalue weighted by molar-refractivity contribution is 6.07. The number of fused-ring (bicyclic) bond motifs is 3. The summed E-state index contributed by atoms with van der Waals surface area (Å²) >= 11 is 0. The van der Waals surface area contributed by atoms with Gasteiger partial charge in [0.1, 0.15) is 0 Å². The Morgan fingerprint density at radius 1 is 0.423 bits per heavy atom. The Hall–Kier alpha value is -2.34. The van der Waals surface area contributed by atoms with Crippen molar-refractivity contribution >= 4 is 32.3 Å². The van der Waals surface area contributed by atoms with Crippen LogP contribution < -0.4 is 0 Å². The maximum atomic E-state index is 2.43. The van der Waals surface area contributed by atoms with Crippen LogP contribution in [0.15, 0.2) is 48.5 Å². The van der Waals surface area contributed by atoms with Gasteiger partial charge in [0.05, 0.1) is 0 Å².